The van der Waals surface area contributed by atoms with Crippen LogP contribution in [0.5, 0.6) is 0 Å². The quantitative estimate of drug-likeness (QED) is 0.463. The molecule has 0 spiro atoms. The summed E-state index contributed by atoms with van der Waals surface area (Å²) < 4.78 is 4.86. The van der Waals surface area contributed by atoms with Gasteiger partial charge < -0.3 is 15.8 Å². The molecule has 0 aliphatic heterocycles. The molecule has 1 amide bonds. The van der Waals surface area contributed by atoms with E-state index in [1.54, 1.807) is 6.92 Å². The van der Waals surface area contributed by atoms with E-state index >= 15 is 0 Å². The Morgan fingerprint density at radius 3 is 2.72 bits per heavy atom. The number of amides is 1. The van der Waals surface area contributed by atoms with E-state index in [4.69, 9.17) is 10.5 Å². The largest absolute Gasteiger partial charge is 0.462 e. The highest BCUT2D eigenvalue weighted by atomic mass is 32.2. The molecule has 1 heterocycles. The fourth-order valence-corrected chi connectivity index (χ4v) is 2.71. The summed E-state index contributed by atoms with van der Waals surface area (Å²) in [5.74, 6) is -0.575. The Kier molecular flexibility index (Phi) is 6.35. The van der Waals surface area contributed by atoms with E-state index < -0.39 is 5.97 Å². The zero-order valence-corrected chi connectivity index (χ0v) is 15.1. The number of anilines is 2. The van der Waals surface area contributed by atoms with Gasteiger partial charge in [0.25, 0.3) is 0 Å². The van der Waals surface area contributed by atoms with E-state index in [0.717, 1.165) is 28.6 Å². The van der Waals surface area contributed by atoms with Crippen molar-refractivity contribution in [3.8, 4) is 0 Å². The minimum absolute atomic E-state index is 0.0331. The number of nitrogens with zero attached hydrogens (tertiary/aromatic N) is 2. The third kappa shape index (κ3) is 5.18. The number of thioether (sulfide) groups is 1. The first kappa shape index (κ1) is 18.7. The van der Waals surface area contributed by atoms with Crippen LogP contribution in [0.4, 0.5) is 11.5 Å². The molecule has 0 unspecified atom stereocenters. The molecule has 25 heavy (non-hydrogen) atoms. The molecular formula is C17H20N4O3S. The van der Waals surface area contributed by atoms with Gasteiger partial charge in [-0.3, -0.25) is 4.79 Å². The van der Waals surface area contributed by atoms with Crippen molar-refractivity contribution in [1.29, 1.82) is 0 Å². The van der Waals surface area contributed by atoms with Gasteiger partial charge in [-0.25, -0.2) is 14.8 Å². The smallest absolute Gasteiger partial charge is 0.343 e. The third-order valence-corrected chi connectivity index (χ3v) is 4.14. The van der Waals surface area contributed by atoms with Crippen molar-refractivity contribution in [3.05, 3.63) is 41.1 Å². The highest BCUT2D eigenvalue weighted by Crippen LogP contribution is 2.19. The van der Waals surface area contributed by atoms with Crippen LogP contribution < -0.4 is 11.1 Å². The minimum Gasteiger partial charge on any atom is -0.462 e. The summed E-state index contributed by atoms with van der Waals surface area (Å²) in [4.78, 5) is 31.8. The molecule has 0 aliphatic carbocycles. The first-order valence-electron chi connectivity index (χ1n) is 7.70. The lowest BCUT2D eigenvalue weighted by Crippen LogP contribution is -2.15. The summed E-state index contributed by atoms with van der Waals surface area (Å²) in [6.07, 6.45) is 1.31. The van der Waals surface area contributed by atoms with Gasteiger partial charge in [0.15, 0.2) is 5.16 Å². The summed E-state index contributed by atoms with van der Waals surface area (Å²) in [6.45, 7) is 5.88. The van der Waals surface area contributed by atoms with Crippen molar-refractivity contribution >= 4 is 35.1 Å². The van der Waals surface area contributed by atoms with Crippen molar-refractivity contribution in [2.45, 2.75) is 25.9 Å². The lowest BCUT2D eigenvalue weighted by Gasteiger charge is -2.09. The molecule has 132 valence electrons. The molecule has 0 atom stereocenters. The van der Waals surface area contributed by atoms with E-state index in [9.17, 15) is 9.59 Å². The molecule has 0 saturated carbocycles. The molecule has 7 nitrogen and oxygen atoms in total. The SMILES string of the molecule is CCOC(=O)c1cnc(SCC(=O)Nc2ccc(C)cc2C)nc1N. The number of ether oxygens (including phenoxy) is 1. The van der Waals surface area contributed by atoms with Crippen LogP contribution >= 0.6 is 11.8 Å². The van der Waals surface area contributed by atoms with Gasteiger partial charge in [0.1, 0.15) is 11.4 Å². The van der Waals surface area contributed by atoms with Crippen LogP contribution in [0.25, 0.3) is 0 Å². The molecule has 8 heteroatoms. The Bertz CT molecular complexity index is 795. The number of carbonyl (C=O) groups excluding carboxylic acids is 2. The number of nitrogen functional groups attached to an aromatic ring is 1. The summed E-state index contributed by atoms with van der Waals surface area (Å²) in [6, 6.07) is 5.81. The van der Waals surface area contributed by atoms with Crippen molar-refractivity contribution in [2.24, 2.45) is 0 Å². The number of esters is 1. The average molecular weight is 360 g/mol. The highest BCUT2D eigenvalue weighted by Gasteiger charge is 2.14. The monoisotopic (exact) mass is 360 g/mol. The second-order valence-electron chi connectivity index (χ2n) is 5.33. The maximum Gasteiger partial charge on any atom is 0.343 e. The first-order valence-corrected chi connectivity index (χ1v) is 8.68. The topological polar surface area (TPSA) is 107 Å². The fourth-order valence-electron chi connectivity index (χ4n) is 2.08. The number of aromatic nitrogens is 2. The molecule has 0 aliphatic rings. The van der Waals surface area contributed by atoms with Gasteiger partial charge in [-0.1, -0.05) is 29.5 Å². The Balaban J connectivity index is 1.95. The molecule has 0 fully saturated rings. The number of hydrogen-bond acceptors (Lipinski definition) is 7. The summed E-state index contributed by atoms with van der Waals surface area (Å²) in [7, 11) is 0. The van der Waals surface area contributed by atoms with Gasteiger partial charge >= 0.3 is 5.97 Å². The third-order valence-electron chi connectivity index (χ3n) is 3.28. The van der Waals surface area contributed by atoms with E-state index in [-0.39, 0.29) is 29.6 Å². The van der Waals surface area contributed by atoms with Crippen LogP contribution in [0.3, 0.4) is 0 Å². The molecule has 2 aromatic rings. The van der Waals surface area contributed by atoms with Crippen LogP contribution in [0.1, 0.15) is 28.4 Å². The molecule has 0 radical (unpaired) electrons. The van der Waals surface area contributed by atoms with Crippen LogP contribution in [0.2, 0.25) is 0 Å². The van der Waals surface area contributed by atoms with Crippen molar-refractivity contribution in [1.82, 2.24) is 9.97 Å². The number of nitrogens with two attached hydrogens (primary N) is 1. The Morgan fingerprint density at radius 1 is 1.32 bits per heavy atom. The van der Waals surface area contributed by atoms with Gasteiger partial charge in [0, 0.05) is 11.9 Å². The summed E-state index contributed by atoms with van der Waals surface area (Å²) >= 11 is 1.14. The van der Waals surface area contributed by atoms with Gasteiger partial charge in [0.2, 0.25) is 5.91 Å². The van der Waals surface area contributed by atoms with Crippen molar-refractivity contribution in [3.63, 3.8) is 0 Å². The molecule has 0 saturated heterocycles. The lowest BCUT2D eigenvalue weighted by molar-refractivity contribution is -0.113. The first-order chi connectivity index (χ1) is 11.9. The van der Waals surface area contributed by atoms with Gasteiger partial charge in [-0.05, 0) is 32.4 Å². The predicted molar refractivity (Wildman–Crippen MR) is 97.7 cm³/mol. The molecule has 1 aromatic carbocycles. The lowest BCUT2D eigenvalue weighted by atomic mass is 10.1. The Hall–Kier alpha value is -2.61. The van der Waals surface area contributed by atoms with E-state index in [1.807, 2.05) is 32.0 Å². The van der Waals surface area contributed by atoms with E-state index in [0.29, 0.717) is 5.16 Å². The Labute approximate surface area is 150 Å². The van der Waals surface area contributed by atoms with E-state index in [2.05, 4.69) is 15.3 Å². The summed E-state index contributed by atoms with van der Waals surface area (Å²) in [5, 5.41) is 3.17. The number of nitrogens with one attached hydrogen (secondary N) is 1. The van der Waals surface area contributed by atoms with Crippen LogP contribution in [-0.4, -0.2) is 34.2 Å². The number of aryl methyl sites for hydroxylation is 2. The fraction of sp³-hybridized carbons (Fsp3) is 0.294. The van der Waals surface area contributed by atoms with Gasteiger partial charge in [-0.2, -0.15) is 0 Å². The minimum atomic E-state index is -0.566. The van der Waals surface area contributed by atoms with E-state index in [1.165, 1.54) is 6.20 Å². The number of hydrogen-bond donors (Lipinski definition) is 2. The maximum atomic E-state index is 12.1. The Morgan fingerprint density at radius 2 is 2.08 bits per heavy atom. The molecule has 1 aromatic heterocycles. The maximum absolute atomic E-state index is 12.1. The number of rotatable bonds is 6. The van der Waals surface area contributed by atoms with Crippen LogP contribution in [0.15, 0.2) is 29.6 Å². The standard InChI is InChI=1S/C17H20N4O3S/c1-4-24-16(23)12-8-19-17(21-15(12)18)25-9-14(22)20-13-6-5-10(2)7-11(13)3/h5-8H,4,9H2,1-3H3,(H,20,22)(H2,18,19,21). The second-order valence-corrected chi connectivity index (χ2v) is 6.27. The highest BCUT2D eigenvalue weighted by molar-refractivity contribution is 7.99. The molecule has 2 rings (SSSR count). The zero-order valence-electron chi connectivity index (χ0n) is 14.3. The zero-order chi connectivity index (χ0) is 18.4. The molecule has 3 N–H and O–H groups in total. The average Bonchev–Trinajstić information content (AvgIpc) is 2.56. The second kappa shape index (κ2) is 8.48. The van der Waals surface area contributed by atoms with Crippen LogP contribution in [-0.2, 0) is 9.53 Å². The van der Waals surface area contributed by atoms with Crippen molar-refractivity contribution in [2.75, 3.05) is 23.4 Å². The molecule has 0 bridgehead atoms. The predicted octanol–water partition coefficient (Wildman–Crippen LogP) is 2.58. The summed E-state index contributed by atoms with van der Waals surface area (Å²) in [5.41, 5.74) is 8.77. The van der Waals surface area contributed by atoms with Crippen molar-refractivity contribution < 1.29 is 14.3 Å². The normalized spacial score (nSPS) is 10.4. The molecular weight excluding hydrogens is 340 g/mol. The van der Waals surface area contributed by atoms with Gasteiger partial charge in [0.05, 0.1) is 12.4 Å². The van der Waals surface area contributed by atoms with Crippen LogP contribution in [0, 0.1) is 13.8 Å². The van der Waals surface area contributed by atoms with Gasteiger partial charge in [-0.15, -0.1) is 0 Å². The number of benzene rings is 1. The number of carbonyl (C=O) groups is 2.